The molecule has 0 fully saturated rings. The molecule has 2 heterocycles. The highest BCUT2D eigenvalue weighted by Crippen LogP contribution is 2.47. The Labute approximate surface area is 324 Å². The van der Waals surface area contributed by atoms with E-state index >= 15 is 0 Å². The number of benzene rings is 9. The highest BCUT2D eigenvalue weighted by atomic mass is 16.3. The Morgan fingerprint density at radius 2 is 1.05 bits per heavy atom. The number of rotatable bonds is 7. The number of nitrogens with zero attached hydrogens (tertiary/aromatic N) is 2. The molecular formula is C53H36N2O. The van der Waals surface area contributed by atoms with E-state index in [1.165, 1.54) is 54.9 Å². The van der Waals surface area contributed by atoms with Gasteiger partial charge in [-0.05, 0) is 58.5 Å². The molecule has 0 aliphatic heterocycles. The van der Waals surface area contributed by atoms with Crippen LogP contribution in [-0.2, 0) is 6.54 Å². The van der Waals surface area contributed by atoms with Gasteiger partial charge in [-0.2, -0.15) is 0 Å². The second-order valence-corrected chi connectivity index (χ2v) is 14.5. The number of fused-ring (bicyclic) bond motifs is 7. The van der Waals surface area contributed by atoms with Gasteiger partial charge in [0.2, 0.25) is 0 Å². The standard InChI is InChI=1S/C53H36N2O/c1-4-16-38(17-5-1)43-26-15-27-45-51-47(34-49-52(44-25-12-13-29-48(44)56-49)50(51)39-19-6-2-7-20-39)54(53(43)45)35-36-30-32-41(33-31-36)55(40-22-8-3-9-23-40)46-28-14-21-37-18-10-11-24-42(37)46/h1-34H,35H2. The first kappa shape index (κ1) is 32.1. The van der Waals surface area contributed by atoms with E-state index in [1.54, 1.807) is 0 Å². The SMILES string of the molecule is c1ccc(-c2c3c(cc4c2c2cccc(-c5ccccc5)c2n4Cc2ccc(N(c4ccccc4)c4cccc5ccccc45)cc2)oc2ccccc23)cc1. The molecule has 0 spiro atoms. The first-order valence-corrected chi connectivity index (χ1v) is 19.2. The van der Waals surface area contributed by atoms with Crippen molar-refractivity contribution in [1.29, 1.82) is 0 Å². The predicted molar refractivity (Wildman–Crippen MR) is 235 cm³/mol. The number of aromatic nitrogens is 1. The molecule has 3 nitrogen and oxygen atoms in total. The summed E-state index contributed by atoms with van der Waals surface area (Å²) in [5.41, 5.74) is 13.6. The summed E-state index contributed by atoms with van der Waals surface area (Å²) in [6.07, 6.45) is 0. The van der Waals surface area contributed by atoms with Crippen molar-refractivity contribution in [2.24, 2.45) is 0 Å². The Morgan fingerprint density at radius 1 is 0.446 bits per heavy atom. The smallest absolute Gasteiger partial charge is 0.138 e. The molecule has 0 bridgehead atoms. The van der Waals surface area contributed by atoms with Crippen molar-refractivity contribution in [3.8, 4) is 22.3 Å². The maximum atomic E-state index is 6.68. The fourth-order valence-electron chi connectivity index (χ4n) is 8.76. The monoisotopic (exact) mass is 716 g/mol. The summed E-state index contributed by atoms with van der Waals surface area (Å²) in [6, 6.07) is 74.0. The molecule has 0 amide bonds. The Hall–Kier alpha value is -7.36. The van der Waals surface area contributed by atoms with Crippen molar-refractivity contribution in [3.63, 3.8) is 0 Å². The topological polar surface area (TPSA) is 21.3 Å². The van der Waals surface area contributed by atoms with E-state index in [0.29, 0.717) is 6.54 Å². The van der Waals surface area contributed by atoms with E-state index in [2.05, 4.69) is 216 Å². The summed E-state index contributed by atoms with van der Waals surface area (Å²) in [5.74, 6) is 0. The van der Waals surface area contributed by atoms with Crippen LogP contribution < -0.4 is 4.90 Å². The van der Waals surface area contributed by atoms with Crippen LogP contribution >= 0.6 is 0 Å². The minimum Gasteiger partial charge on any atom is -0.456 e. The van der Waals surface area contributed by atoms with Gasteiger partial charge in [-0.25, -0.2) is 0 Å². The fraction of sp³-hybridized carbons (Fsp3) is 0.0189. The molecule has 2 aromatic heterocycles. The summed E-state index contributed by atoms with van der Waals surface area (Å²) in [4.78, 5) is 2.37. The second-order valence-electron chi connectivity index (χ2n) is 14.5. The summed E-state index contributed by atoms with van der Waals surface area (Å²) < 4.78 is 9.19. The quantitative estimate of drug-likeness (QED) is 0.164. The van der Waals surface area contributed by atoms with E-state index < -0.39 is 0 Å². The van der Waals surface area contributed by atoms with Gasteiger partial charge in [0.15, 0.2) is 0 Å². The van der Waals surface area contributed by atoms with Gasteiger partial charge in [-0.3, -0.25) is 0 Å². The van der Waals surface area contributed by atoms with Gasteiger partial charge < -0.3 is 13.9 Å². The van der Waals surface area contributed by atoms with Gasteiger partial charge >= 0.3 is 0 Å². The molecule has 11 rings (SSSR count). The molecule has 3 heteroatoms. The number of para-hydroxylation sites is 3. The van der Waals surface area contributed by atoms with Gasteiger partial charge in [0.05, 0.1) is 16.7 Å². The molecule has 0 atom stereocenters. The zero-order chi connectivity index (χ0) is 37.0. The van der Waals surface area contributed by atoms with Crippen LogP contribution in [0, 0.1) is 0 Å². The van der Waals surface area contributed by atoms with Crippen molar-refractivity contribution in [3.05, 3.63) is 212 Å². The van der Waals surface area contributed by atoms with Gasteiger partial charge in [-0.1, -0.05) is 164 Å². The third kappa shape index (κ3) is 5.20. The van der Waals surface area contributed by atoms with E-state index in [9.17, 15) is 0 Å². The molecular weight excluding hydrogens is 681 g/mol. The minimum absolute atomic E-state index is 0.684. The summed E-state index contributed by atoms with van der Waals surface area (Å²) in [7, 11) is 0. The largest absolute Gasteiger partial charge is 0.456 e. The van der Waals surface area contributed by atoms with Gasteiger partial charge in [0.25, 0.3) is 0 Å². The van der Waals surface area contributed by atoms with Crippen LogP contribution in [0.15, 0.2) is 211 Å². The van der Waals surface area contributed by atoms with Crippen molar-refractivity contribution < 1.29 is 4.42 Å². The molecule has 0 radical (unpaired) electrons. The summed E-state index contributed by atoms with van der Waals surface area (Å²) in [6.45, 7) is 0.684. The molecule has 0 saturated carbocycles. The highest BCUT2D eigenvalue weighted by molar-refractivity contribution is 6.27. The summed E-state index contributed by atoms with van der Waals surface area (Å²) in [5, 5.41) is 7.20. The Bertz CT molecular complexity index is 3190. The van der Waals surface area contributed by atoms with Crippen LogP contribution in [0.2, 0.25) is 0 Å². The average Bonchev–Trinajstić information content (AvgIpc) is 3.79. The third-order valence-electron chi connectivity index (χ3n) is 11.2. The lowest BCUT2D eigenvalue weighted by Crippen LogP contribution is -2.10. The number of hydrogen-bond acceptors (Lipinski definition) is 2. The number of hydrogen-bond donors (Lipinski definition) is 0. The van der Waals surface area contributed by atoms with E-state index in [-0.39, 0.29) is 0 Å². The van der Waals surface area contributed by atoms with Crippen molar-refractivity contribution in [1.82, 2.24) is 4.57 Å². The molecule has 56 heavy (non-hydrogen) atoms. The van der Waals surface area contributed by atoms with E-state index in [4.69, 9.17) is 4.42 Å². The van der Waals surface area contributed by atoms with Crippen molar-refractivity contribution >= 4 is 71.6 Å². The van der Waals surface area contributed by atoms with Crippen molar-refractivity contribution in [2.45, 2.75) is 6.54 Å². The Balaban J connectivity index is 1.14. The minimum atomic E-state index is 0.684. The molecule has 0 saturated heterocycles. The van der Waals surface area contributed by atoms with Crippen LogP contribution in [0.4, 0.5) is 17.1 Å². The fourth-order valence-corrected chi connectivity index (χ4v) is 8.76. The maximum Gasteiger partial charge on any atom is 0.138 e. The lowest BCUT2D eigenvalue weighted by Gasteiger charge is -2.27. The molecule has 0 aliphatic rings. The van der Waals surface area contributed by atoms with Gasteiger partial charge in [-0.15, -0.1) is 0 Å². The van der Waals surface area contributed by atoms with E-state index in [1.807, 2.05) is 0 Å². The first-order valence-electron chi connectivity index (χ1n) is 19.2. The van der Waals surface area contributed by atoms with E-state index in [0.717, 1.165) is 44.5 Å². The van der Waals surface area contributed by atoms with Crippen molar-refractivity contribution in [2.75, 3.05) is 4.90 Å². The Morgan fingerprint density at radius 3 is 1.84 bits per heavy atom. The second kappa shape index (κ2) is 13.2. The predicted octanol–water partition coefficient (Wildman–Crippen LogP) is 14.7. The van der Waals surface area contributed by atoms with Gasteiger partial charge in [0.1, 0.15) is 11.2 Å². The number of anilines is 3. The average molecular weight is 717 g/mol. The molecule has 0 aliphatic carbocycles. The van der Waals surface area contributed by atoms with Gasteiger partial charge in [0, 0.05) is 62.0 Å². The van der Waals surface area contributed by atoms with Crippen LogP contribution in [0.5, 0.6) is 0 Å². The third-order valence-corrected chi connectivity index (χ3v) is 11.2. The Kier molecular flexibility index (Phi) is 7.56. The lowest BCUT2D eigenvalue weighted by atomic mass is 9.93. The van der Waals surface area contributed by atoms with Crippen LogP contribution in [-0.4, -0.2) is 4.57 Å². The summed E-state index contributed by atoms with van der Waals surface area (Å²) >= 11 is 0. The first-order chi connectivity index (χ1) is 27.8. The molecule has 0 unspecified atom stereocenters. The number of furan rings is 1. The molecule has 0 N–H and O–H groups in total. The zero-order valence-electron chi connectivity index (χ0n) is 30.6. The zero-order valence-corrected chi connectivity index (χ0v) is 30.6. The normalized spacial score (nSPS) is 11.6. The lowest BCUT2D eigenvalue weighted by molar-refractivity contribution is 0.669. The molecule has 264 valence electrons. The highest BCUT2D eigenvalue weighted by Gasteiger charge is 2.24. The molecule has 11 aromatic rings. The van der Waals surface area contributed by atoms with Crippen LogP contribution in [0.3, 0.4) is 0 Å². The van der Waals surface area contributed by atoms with Crippen LogP contribution in [0.1, 0.15) is 5.56 Å². The van der Waals surface area contributed by atoms with Crippen LogP contribution in [0.25, 0.3) is 76.8 Å². The molecule has 9 aromatic carbocycles. The maximum absolute atomic E-state index is 6.68.